The van der Waals surface area contributed by atoms with Crippen LogP contribution in [0.4, 0.5) is 5.82 Å². The maximum atomic E-state index is 9.26. The van der Waals surface area contributed by atoms with E-state index in [1.54, 1.807) is 0 Å². The van der Waals surface area contributed by atoms with Gasteiger partial charge in [-0.1, -0.05) is 41.9 Å². The second-order valence-electron chi connectivity index (χ2n) is 4.79. The zero-order valence-corrected chi connectivity index (χ0v) is 12.8. The normalized spacial score (nSPS) is 10.9. The highest BCUT2D eigenvalue weighted by molar-refractivity contribution is 6.31. The van der Waals surface area contributed by atoms with Crippen LogP contribution in [-0.2, 0) is 13.1 Å². The minimum absolute atomic E-state index is 0.107. The predicted octanol–water partition coefficient (Wildman–Crippen LogP) is 2.77. The Bertz CT molecular complexity index is 563. The van der Waals surface area contributed by atoms with Gasteiger partial charge >= 0.3 is 0 Å². The van der Waals surface area contributed by atoms with E-state index in [1.165, 1.54) is 5.56 Å². The summed E-state index contributed by atoms with van der Waals surface area (Å²) in [6, 6.07) is 13.9. The molecule has 2 N–H and O–H groups in total. The quantitative estimate of drug-likeness (QED) is 0.826. The second kappa shape index (κ2) is 7.98. The van der Waals surface area contributed by atoms with Crippen LogP contribution in [0.5, 0.6) is 0 Å². The van der Waals surface area contributed by atoms with E-state index in [2.05, 4.69) is 27.3 Å². The van der Waals surface area contributed by atoms with Gasteiger partial charge in [-0.3, -0.25) is 4.90 Å². The molecular weight excluding hydrogens is 286 g/mol. The first-order chi connectivity index (χ1) is 10.2. The van der Waals surface area contributed by atoms with Crippen LogP contribution < -0.4 is 5.32 Å². The van der Waals surface area contributed by atoms with E-state index in [0.717, 1.165) is 18.1 Å². The molecule has 2 rings (SSSR count). The van der Waals surface area contributed by atoms with Crippen molar-refractivity contribution in [3.8, 4) is 0 Å². The van der Waals surface area contributed by atoms with E-state index < -0.39 is 0 Å². The molecule has 1 aromatic carbocycles. The van der Waals surface area contributed by atoms with Crippen molar-refractivity contribution in [3.63, 3.8) is 0 Å². The minimum Gasteiger partial charge on any atom is -0.395 e. The number of rotatable bonds is 7. The van der Waals surface area contributed by atoms with Crippen molar-refractivity contribution in [1.82, 2.24) is 9.88 Å². The first-order valence-electron chi connectivity index (χ1n) is 6.93. The van der Waals surface area contributed by atoms with Crippen molar-refractivity contribution >= 4 is 17.4 Å². The summed E-state index contributed by atoms with van der Waals surface area (Å²) in [6.45, 7) is 2.04. The van der Waals surface area contributed by atoms with E-state index in [9.17, 15) is 5.11 Å². The number of aliphatic hydroxyl groups is 1. The summed E-state index contributed by atoms with van der Waals surface area (Å²) in [5.41, 5.74) is 2.01. The Labute approximate surface area is 130 Å². The number of hydrogen-bond acceptors (Lipinski definition) is 4. The predicted molar refractivity (Wildman–Crippen MR) is 86.4 cm³/mol. The van der Waals surface area contributed by atoms with E-state index in [1.807, 2.05) is 37.4 Å². The molecule has 0 unspecified atom stereocenters. The molecule has 0 aliphatic heterocycles. The molecule has 0 saturated carbocycles. The van der Waals surface area contributed by atoms with Crippen LogP contribution in [-0.4, -0.2) is 35.2 Å². The maximum Gasteiger partial charge on any atom is 0.126 e. The molecule has 1 heterocycles. The molecule has 4 nitrogen and oxygen atoms in total. The fraction of sp³-hybridized carbons (Fsp3) is 0.312. The zero-order chi connectivity index (χ0) is 15.1. The summed E-state index contributed by atoms with van der Waals surface area (Å²) < 4.78 is 0. The number of pyridine rings is 1. The zero-order valence-electron chi connectivity index (χ0n) is 12.1. The molecular formula is C16H20ClN3O. The lowest BCUT2D eigenvalue weighted by Gasteiger charge is -2.21. The number of nitrogens with one attached hydrogen (secondary N) is 1. The van der Waals surface area contributed by atoms with Gasteiger partial charge in [0.05, 0.1) is 17.3 Å². The number of aromatic nitrogens is 1. The highest BCUT2D eigenvalue weighted by atomic mass is 35.5. The van der Waals surface area contributed by atoms with E-state index in [4.69, 9.17) is 11.6 Å². The first kappa shape index (κ1) is 15.8. The lowest BCUT2D eigenvalue weighted by molar-refractivity contribution is 0.183. The molecule has 112 valence electrons. The third kappa shape index (κ3) is 4.70. The highest BCUT2D eigenvalue weighted by Gasteiger charge is 2.11. The van der Waals surface area contributed by atoms with Crippen LogP contribution in [0.1, 0.15) is 11.3 Å². The van der Waals surface area contributed by atoms with Gasteiger partial charge in [0.2, 0.25) is 0 Å². The monoisotopic (exact) mass is 305 g/mol. The molecule has 0 saturated heterocycles. The van der Waals surface area contributed by atoms with Crippen molar-refractivity contribution in [2.45, 2.75) is 13.1 Å². The van der Waals surface area contributed by atoms with Gasteiger partial charge in [-0.2, -0.15) is 0 Å². The third-order valence-corrected chi connectivity index (χ3v) is 3.56. The van der Waals surface area contributed by atoms with Gasteiger partial charge in [0, 0.05) is 26.7 Å². The summed E-state index contributed by atoms with van der Waals surface area (Å²) in [5.74, 6) is 0.790. The highest BCUT2D eigenvalue weighted by Crippen LogP contribution is 2.19. The van der Waals surface area contributed by atoms with Crippen LogP contribution in [0, 0.1) is 0 Å². The molecule has 0 spiro atoms. The average Bonchev–Trinajstić information content (AvgIpc) is 2.51. The van der Waals surface area contributed by atoms with Crippen molar-refractivity contribution in [2.75, 3.05) is 25.5 Å². The van der Waals surface area contributed by atoms with E-state index >= 15 is 0 Å². The van der Waals surface area contributed by atoms with E-state index in [-0.39, 0.29) is 6.61 Å². The maximum absolute atomic E-state index is 9.26. The van der Waals surface area contributed by atoms with Crippen LogP contribution in [0.3, 0.4) is 0 Å². The summed E-state index contributed by atoms with van der Waals surface area (Å²) in [6.07, 6.45) is 0. The molecule has 0 radical (unpaired) electrons. The number of halogens is 1. The Hall–Kier alpha value is -1.62. The Morgan fingerprint density at radius 3 is 2.57 bits per heavy atom. The Balaban J connectivity index is 2.12. The van der Waals surface area contributed by atoms with Crippen molar-refractivity contribution in [2.24, 2.45) is 0 Å². The van der Waals surface area contributed by atoms with Crippen LogP contribution in [0.15, 0.2) is 42.5 Å². The number of benzene rings is 1. The molecule has 1 aromatic heterocycles. The Kier molecular flexibility index (Phi) is 5.99. The molecule has 5 heteroatoms. The standard InChI is InChI=1S/C16H20ClN3O/c1-18-16-8-7-14(17)15(19-16)12-20(9-10-21)11-13-5-3-2-4-6-13/h2-8,21H,9-12H2,1H3,(H,18,19). The van der Waals surface area contributed by atoms with Crippen molar-refractivity contribution in [1.29, 1.82) is 0 Å². The van der Waals surface area contributed by atoms with Crippen molar-refractivity contribution < 1.29 is 5.11 Å². The Morgan fingerprint density at radius 2 is 1.90 bits per heavy atom. The lowest BCUT2D eigenvalue weighted by Crippen LogP contribution is -2.26. The smallest absolute Gasteiger partial charge is 0.126 e. The van der Waals surface area contributed by atoms with Crippen molar-refractivity contribution in [3.05, 3.63) is 58.7 Å². The number of anilines is 1. The van der Waals surface area contributed by atoms with Gasteiger partial charge < -0.3 is 10.4 Å². The largest absolute Gasteiger partial charge is 0.395 e. The average molecular weight is 306 g/mol. The van der Waals surface area contributed by atoms with Gasteiger partial charge in [-0.25, -0.2) is 4.98 Å². The second-order valence-corrected chi connectivity index (χ2v) is 5.20. The minimum atomic E-state index is 0.107. The first-order valence-corrected chi connectivity index (χ1v) is 7.31. The van der Waals surface area contributed by atoms with E-state index in [0.29, 0.717) is 18.1 Å². The van der Waals surface area contributed by atoms with Gasteiger partial charge in [0.15, 0.2) is 0 Å². The molecule has 0 aliphatic carbocycles. The fourth-order valence-electron chi connectivity index (χ4n) is 2.14. The third-order valence-electron chi connectivity index (χ3n) is 3.21. The van der Waals surface area contributed by atoms with Gasteiger partial charge in [-0.05, 0) is 17.7 Å². The summed E-state index contributed by atoms with van der Waals surface area (Å²) >= 11 is 6.22. The molecule has 0 fully saturated rings. The Morgan fingerprint density at radius 1 is 1.14 bits per heavy atom. The number of hydrogen-bond donors (Lipinski definition) is 2. The molecule has 2 aromatic rings. The van der Waals surface area contributed by atoms with Gasteiger partial charge in [0.1, 0.15) is 5.82 Å². The van der Waals surface area contributed by atoms with Crippen LogP contribution >= 0.6 is 11.6 Å². The number of aliphatic hydroxyl groups excluding tert-OH is 1. The summed E-state index contributed by atoms with van der Waals surface area (Å²) in [5, 5.41) is 12.9. The van der Waals surface area contributed by atoms with Gasteiger partial charge in [-0.15, -0.1) is 0 Å². The topological polar surface area (TPSA) is 48.4 Å². The van der Waals surface area contributed by atoms with Gasteiger partial charge in [0.25, 0.3) is 0 Å². The lowest BCUT2D eigenvalue weighted by atomic mass is 10.2. The molecule has 0 bridgehead atoms. The summed E-state index contributed by atoms with van der Waals surface area (Å²) in [4.78, 5) is 6.62. The SMILES string of the molecule is CNc1ccc(Cl)c(CN(CCO)Cc2ccccc2)n1. The van der Waals surface area contributed by atoms with Crippen LogP contribution in [0.2, 0.25) is 5.02 Å². The van der Waals surface area contributed by atoms with Crippen LogP contribution in [0.25, 0.3) is 0 Å². The molecule has 0 amide bonds. The molecule has 0 aliphatic rings. The molecule has 0 atom stereocenters. The number of nitrogens with zero attached hydrogens (tertiary/aromatic N) is 2. The fourth-order valence-corrected chi connectivity index (χ4v) is 2.31. The summed E-state index contributed by atoms with van der Waals surface area (Å²) in [7, 11) is 1.83. The molecule has 21 heavy (non-hydrogen) atoms.